The quantitative estimate of drug-likeness (QED) is 0.0351. The summed E-state index contributed by atoms with van der Waals surface area (Å²) in [4.78, 5) is 4.56. The van der Waals surface area contributed by atoms with E-state index in [4.69, 9.17) is 0 Å². The van der Waals surface area contributed by atoms with Crippen LogP contribution in [-0.4, -0.2) is 38.4 Å². The Hall–Kier alpha value is -3.48. The highest BCUT2D eigenvalue weighted by Gasteiger charge is 2.01. The van der Waals surface area contributed by atoms with Crippen LogP contribution in [0.25, 0.3) is 18.2 Å². The van der Waals surface area contributed by atoms with Gasteiger partial charge in [-0.3, -0.25) is 4.99 Å². The lowest BCUT2D eigenvalue weighted by atomic mass is 10.1. The molecular weight excluding hydrogens is 601 g/mol. The number of nitrogens with zero attached hydrogens (tertiary/aromatic N) is 2. The largest absolute Gasteiger partial charge is 0.388 e. The van der Waals surface area contributed by atoms with Crippen molar-refractivity contribution >= 4 is 57.4 Å². The maximum atomic E-state index is 4.56. The first-order chi connectivity index (χ1) is 22.7. The summed E-state index contributed by atoms with van der Waals surface area (Å²) in [5.74, 6) is 2.52. The topological polar surface area (TPSA) is 40.3 Å². The molecule has 2 N–H and O–H groups in total. The van der Waals surface area contributed by atoms with E-state index in [2.05, 4.69) is 135 Å². The van der Waals surface area contributed by atoms with Gasteiger partial charge in [0.05, 0.1) is 0 Å². The summed E-state index contributed by atoms with van der Waals surface area (Å²) >= 11 is 0. The van der Waals surface area contributed by atoms with Crippen molar-refractivity contribution in [2.75, 3.05) is 42.8 Å². The van der Waals surface area contributed by atoms with E-state index in [0.717, 1.165) is 36.5 Å². The minimum atomic E-state index is 0.895. The average molecular weight is 654 g/mol. The first-order valence-corrected chi connectivity index (χ1v) is 19.2. The van der Waals surface area contributed by atoms with Crippen molar-refractivity contribution in [3.8, 4) is 0 Å². The standard InChI is InChI=1S/C40H52N4S2/c1-4-35(13-14-36-17-21-39(41-2)22-18-36)25-29-43-28-9-5-7-11-33-45-46-34-12-8-6-10-30-44-31-26-38(27-32-44)16-15-37-19-23-40(42-3)24-20-37/h4,13-27,29,31-32H,1,5-12,28,30,33-34H2,2-3H3,(H,41,43)/p+1. The first kappa shape index (κ1) is 37.0. The van der Waals surface area contributed by atoms with Gasteiger partial charge in [-0.25, -0.2) is 4.57 Å². The number of anilines is 2. The average Bonchev–Trinajstić information content (AvgIpc) is 3.10. The maximum absolute atomic E-state index is 4.56. The second kappa shape index (κ2) is 23.8. The van der Waals surface area contributed by atoms with Gasteiger partial charge >= 0.3 is 0 Å². The van der Waals surface area contributed by atoms with Crippen molar-refractivity contribution in [2.24, 2.45) is 4.99 Å². The van der Waals surface area contributed by atoms with E-state index in [0.29, 0.717) is 0 Å². The van der Waals surface area contributed by atoms with Crippen LogP contribution in [-0.2, 0) is 6.54 Å². The van der Waals surface area contributed by atoms with Crippen LogP contribution >= 0.6 is 21.6 Å². The molecule has 0 amide bonds. The molecule has 0 radical (unpaired) electrons. The lowest BCUT2D eigenvalue weighted by molar-refractivity contribution is -0.697. The fraction of sp³-hybridized carbons (Fsp3) is 0.350. The number of aryl methyl sites for hydroxylation is 1. The van der Waals surface area contributed by atoms with Crippen molar-refractivity contribution in [3.63, 3.8) is 0 Å². The molecule has 1 heterocycles. The van der Waals surface area contributed by atoms with Crippen molar-refractivity contribution < 1.29 is 4.57 Å². The van der Waals surface area contributed by atoms with Crippen LogP contribution in [0, 0.1) is 0 Å². The van der Waals surface area contributed by atoms with Gasteiger partial charge in [-0.1, -0.05) is 102 Å². The minimum Gasteiger partial charge on any atom is -0.388 e. The van der Waals surface area contributed by atoms with Gasteiger partial charge in [-0.15, -0.1) is 0 Å². The van der Waals surface area contributed by atoms with E-state index in [1.807, 2.05) is 43.3 Å². The van der Waals surface area contributed by atoms with Crippen molar-refractivity contribution in [2.45, 2.75) is 57.9 Å². The number of allylic oxidation sites excluding steroid dienone is 4. The van der Waals surface area contributed by atoms with E-state index in [1.54, 1.807) is 0 Å². The molecule has 0 aliphatic rings. The highest BCUT2D eigenvalue weighted by atomic mass is 33.1. The fourth-order valence-electron chi connectivity index (χ4n) is 4.69. The van der Waals surface area contributed by atoms with E-state index in [1.165, 1.54) is 73.1 Å². The van der Waals surface area contributed by atoms with Crippen LogP contribution in [0.4, 0.5) is 11.4 Å². The lowest BCUT2D eigenvalue weighted by Gasteiger charge is -2.02. The Balaban J connectivity index is 1.11. The highest BCUT2D eigenvalue weighted by Crippen LogP contribution is 2.24. The fourth-order valence-corrected chi connectivity index (χ4v) is 6.98. The summed E-state index contributed by atoms with van der Waals surface area (Å²) in [6.07, 6.45) is 28.9. The van der Waals surface area contributed by atoms with Crippen LogP contribution in [0.2, 0.25) is 0 Å². The normalized spacial score (nSPS) is 12.0. The molecule has 0 saturated heterocycles. The molecule has 46 heavy (non-hydrogen) atoms. The monoisotopic (exact) mass is 653 g/mol. The molecule has 0 fully saturated rings. The number of rotatable bonds is 23. The van der Waals surface area contributed by atoms with Crippen LogP contribution in [0.5, 0.6) is 0 Å². The zero-order valence-corrected chi connectivity index (χ0v) is 29.5. The van der Waals surface area contributed by atoms with Gasteiger partial charge in [-0.05, 0) is 78.3 Å². The summed E-state index contributed by atoms with van der Waals surface area (Å²) in [5, 5.41) is 6.30. The molecule has 0 bridgehead atoms. The first-order valence-electron chi connectivity index (χ1n) is 16.7. The molecule has 0 unspecified atom stereocenters. The third kappa shape index (κ3) is 16.2. The summed E-state index contributed by atoms with van der Waals surface area (Å²) in [6.45, 7) is 5.91. The smallest absolute Gasteiger partial charge is 0.169 e. The lowest BCUT2D eigenvalue weighted by Crippen LogP contribution is -2.32. The number of hydrogen-bond acceptors (Lipinski definition) is 5. The predicted molar refractivity (Wildman–Crippen MR) is 210 cm³/mol. The van der Waals surface area contributed by atoms with Gasteiger partial charge in [0.15, 0.2) is 12.4 Å². The predicted octanol–water partition coefficient (Wildman–Crippen LogP) is 10.6. The number of unbranched alkanes of at least 4 members (excludes halogenated alkanes) is 6. The third-order valence-corrected chi connectivity index (χ3v) is 10.2. The van der Waals surface area contributed by atoms with E-state index in [-0.39, 0.29) is 0 Å². The molecule has 0 aliphatic heterocycles. The number of aromatic nitrogens is 1. The maximum Gasteiger partial charge on any atom is 0.169 e. The second-order valence-electron chi connectivity index (χ2n) is 11.2. The summed E-state index contributed by atoms with van der Waals surface area (Å²) < 4.78 is 2.30. The Morgan fingerprint density at radius 3 is 1.76 bits per heavy atom. The second-order valence-corrected chi connectivity index (χ2v) is 13.9. The molecular formula is C40H53N4S2+. The molecule has 244 valence electrons. The third-order valence-electron chi connectivity index (χ3n) is 7.60. The van der Waals surface area contributed by atoms with E-state index >= 15 is 0 Å². The van der Waals surface area contributed by atoms with Gasteiger partial charge in [-0.2, -0.15) is 0 Å². The van der Waals surface area contributed by atoms with Crippen molar-refractivity contribution in [1.82, 2.24) is 0 Å². The van der Waals surface area contributed by atoms with E-state index in [9.17, 15) is 0 Å². The molecule has 1 aromatic heterocycles. The van der Waals surface area contributed by atoms with Crippen LogP contribution < -0.4 is 15.2 Å². The molecule has 2 aromatic carbocycles. The Kier molecular flexibility index (Phi) is 19.1. The Bertz CT molecular complexity index is 1360. The highest BCUT2D eigenvalue weighted by molar-refractivity contribution is 8.76. The summed E-state index contributed by atoms with van der Waals surface area (Å²) in [5.41, 5.74) is 6.93. The van der Waals surface area contributed by atoms with Crippen molar-refractivity contribution in [3.05, 3.63) is 120 Å². The van der Waals surface area contributed by atoms with Crippen molar-refractivity contribution in [1.29, 1.82) is 0 Å². The van der Waals surface area contributed by atoms with Gasteiger partial charge in [0, 0.05) is 68.3 Å². The Labute approximate surface area is 286 Å². The molecule has 4 nitrogen and oxygen atoms in total. The van der Waals surface area contributed by atoms with Gasteiger partial charge in [0.2, 0.25) is 0 Å². The summed E-state index contributed by atoms with van der Waals surface area (Å²) in [6, 6.07) is 21.2. The van der Waals surface area contributed by atoms with Crippen LogP contribution in [0.3, 0.4) is 0 Å². The number of hydrogen-bond donors (Lipinski definition) is 2. The molecule has 0 aliphatic carbocycles. The SMILES string of the molecule is C=CC(/C=C/c1ccc(NC)cc1)=C\C=N\CCCCCCSSCCCCCC[n+]1ccc(/C=C/c2ccc(NC)cc2)cc1. The Morgan fingerprint density at radius 1 is 0.674 bits per heavy atom. The van der Waals surface area contributed by atoms with Crippen LogP contribution in [0.15, 0.2) is 108 Å². The van der Waals surface area contributed by atoms with Gasteiger partial charge in [0.25, 0.3) is 0 Å². The molecule has 0 saturated carbocycles. The van der Waals surface area contributed by atoms with Crippen LogP contribution in [0.1, 0.15) is 68.1 Å². The minimum absolute atomic E-state index is 0.895. The van der Waals surface area contributed by atoms with E-state index < -0.39 is 0 Å². The zero-order chi connectivity index (χ0) is 32.5. The molecule has 6 heteroatoms. The number of pyridine rings is 1. The zero-order valence-electron chi connectivity index (χ0n) is 27.9. The molecule has 3 rings (SSSR count). The molecule has 3 aromatic rings. The number of aliphatic imine (C=N–C) groups is 1. The van der Waals surface area contributed by atoms with Gasteiger partial charge in [0.1, 0.15) is 6.54 Å². The molecule has 0 spiro atoms. The number of nitrogens with one attached hydrogen (secondary N) is 2. The summed E-state index contributed by atoms with van der Waals surface area (Å²) in [7, 11) is 7.98. The number of benzene rings is 2. The molecule has 0 atom stereocenters. The van der Waals surface area contributed by atoms with Gasteiger partial charge < -0.3 is 10.6 Å². The Morgan fingerprint density at radius 2 is 1.20 bits per heavy atom.